The highest BCUT2D eigenvalue weighted by Gasteiger charge is 2.23. The molecule has 0 aliphatic heterocycles. The summed E-state index contributed by atoms with van der Waals surface area (Å²) in [5, 5.41) is 14.5. The molecule has 17 heavy (non-hydrogen) atoms. The van der Waals surface area contributed by atoms with E-state index in [9.17, 15) is 9.59 Å². The van der Waals surface area contributed by atoms with Gasteiger partial charge in [-0.15, -0.1) is 0 Å². The first-order valence-electron chi connectivity index (χ1n) is 5.37. The van der Waals surface area contributed by atoms with Gasteiger partial charge in [-0.2, -0.15) is 0 Å². The number of aromatic carboxylic acids is 1. The molecule has 0 saturated heterocycles. The van der Waals surface area contributed by atoms with E-state index in [-0.39, 0.29) is 18.0 Å². The minimum Gasteiger partial charge on any atom is -0.478 e. The van der Waals surface area contributed by atoms with Crippen LogP contribution in [0.1, 0.15) is 23.2 Å². The van der Waals surface area contributed by atoms with Crippen molar-refractivity contribution in [3.8, 4) is 0 Å². The summed E-state index contributed by atoms with van der Waals surface area (Å²) >= 11 is 0. The van der Waals surface area contributed by atoms with Gasteiger partial charge in [-0.25, -0.2) is 4.79 Å². The van der Waals surface area contributed by atoms with Crippen LogP contribution in [0, 0.1) is 0 Å². The van der Waals surface area contributed by atoms with Gasteiger partial charge in [0.1, 0.15) is 5.56 Å². The zero-order valence-electron chi connectivity index (χ0n) is 9.14. The van der Waals surface area contributed by atoms with Gasteiger partial charge in [0.15, 0.2) is 0 Å². The Balaban J connectivity index is 1.93. The second-order valence-corrected chi connectivity index (χ2v) is 3.92. The maximum absolute atomic E-state index is 11.4. The molecule has 0 atom stereocenters. The van der Waals surface area contributed by atoms with Crippen molar-refractivity contribution in [1.29, 1.82) is 0 Å². The number of rotatable bonds is 5. The fourth-order valence-corrected chi connectivity index (χ4v) is 1.40. The van der Waals surface area contributed by atoms with Crippen LogP contribution in [0.5, 0.6) is 0 Å². The lowest BCUT2D eigenvalue weighted by atomic mass is 10.2. The van der Waals surface area contributed by atoms with Gasteiger partial charge >= 0.3 is 5.97 Å². The van der Waals surface area contributed by atoms with E-state index in [1.54, 1.807) is 0 Å². The Morgan fingerprint density at radius 3 is 2.88 bits per heavy atom. The molecule has 1 aromatic rings. The van der Waals surface area contributed by atoms with Gasteiger partial charge in [0, 0.05) is 18.4 Å². The lowest BCUT2D eigenvalue weighted by molar-refractivity contribution is -0.119. The van der Waals surface area contributed by atoms with Crippen LogP contribution in [0.25, 0.3) is 0 Å². The van der Waals surface area contributed by atoms with Crippen LogP contribution in [0.3, 0.4) is 0 Å². The molecule has 1 saturated carbocycles. The van der Waals surface area contributed by atoms with Crippen molar-refractivity contribution in [2.24, 2.45) is 0 Å². The number of carboxylic acids is 1. The van der Waals surface area contributed by atoms with Crippen molar-refractivity contribution in [3.63, 3.8) is 0 Å². The lowest BCUT2D eigenvalue weighted by Gasteiger charge is -2.08. The Kier molecular flexibility index (Phi) is 3.22. The molecule has 6 nitrogen and oxygen atoms in total. The zero-order valence-corrected chi connectivity index (χ0v) is 9.14. The lowest BCUT2D eigenvalue weighted by Crippen LogP contribution is -2.31. The number of anilines is 1. The van der Waals surface area contributed by atoms with E-state index in [1.165, 1.54) is 18.5 Å². The maximum atomic E-state index is 11.4. The molecular formula is C11H13N3O3. The van der Waals surface area contributed by atoms with Gasteiger partial charge in [0.2, 0.25) is 5.91 Å². The van der Waals surface area contributed by atoms with Crippen LogP contribution in [0.4, 0.5) is 5.69 Å². The fourth-order valence-electron chi connectivity index (χ4n) is 1.40. The predicted octanol–water partition coefficient (Wildman–Crippen LogP) is 0.470. The first kappa shape index (κ1) is 11.4. The van der Waals surface area contributed by atoms with Crippen molar-refractivity contribution >= 4 is 17.6 Å². The molecule has 90 valence electrons. The number of carboxylic acid groups (broad SMARTS) is 1. The summed E-state index contributed by atoms with van der Waals surface area (Å²) in [7, 11) is 0. The van der Waals surface area contributed by atoms with Crippen molar-refractivity contribution in [2.75, 3.05) is 11.9 Å². The molecule has 1 aromatic heterocycles. The van der Waals surface area contributed by atoms with E-state index in [4.69, 9.17) is 5.11 Å². The van der Waals surface area contributed by atoms with Crippen molar-refractivity contribution in [1.82, 2.24) is 10.3 Å². The van der Waals surface area contributed by atoms with Gasteiger partial charge in [0.25, 0.3) is 0 Å². The first-order chi connectivity index (χ1) is 8.16. The van der Waals surface area contributed by atoms with Crippen LogP contribution in [-0.4, -0.2) is 34.6 Å². The van der Waals surface area contributed by atoms with Gasteiger partial charge in [-0.3, -0.25) is 9.78 Å². The number of nitrogens with one attached hydrogen (secondary N) is 2. The Morgan fingerprint density at radius 1 is 1.47 bits per heavy atom. The average molecular weight is 235 g/mol. The molecule has 0 bridgehead atoms. The van der Waals surface area contributed by atoms with E-state index in [0.29, 0.717) is 11.7 Å². The van der Waals surface area contributed by atoms with Crippen LogP contribution in [0.15, 0.2) is 18.5 Å². The molecule has 1 aliphatic rings. The first-order valence-corrected chi connectivity index (χ1v) is 5.37. The Bertz CT molecular complexity index is 443. The number of nitrogens with zero attached hydrogens (tertiary/aromatic N) is 1. The monoisotopic (exact) mass is 235 g/mol. The molecule has 3 N–H and O–H groups in total. The number of carbonyl (C=O) groups excluding carboxylic acids is 1. The third kappa shape index (κ3) is 3.17. The van der Waals surface area contributed by atoms with Crippen LogP contribution < -0.4 is 10.6 Å². The summed E-state index contributed by atoms with van der Waals surface area (Å²) in [5.41, 5.74) is 0.463. The molecule has 0 unspecified atom stereocenters. The van der Waals surface area contributed by atoms with Crippen molar-refractivity contribution < 1.29 is 14.7 Å². The summed E-state index contributed by atoms with van der Waals surface area (Å²) < 4.78 is 0. The molecule has 0 radical (unpaired) electrons. The Labute approximate surface area is 98.1 Å². The third-order valence-electron chi connectivity index (χ3n) is 2.43. The molecule has 0 aromatic carbocycles. The van der Waals surface area contributed by atoms with Gasteiger partial charge in [0.05, 0.1) is 12.2 Å². The summed E-state index contributed by atoms with van der Waals surface area (Å²) in [4.78, 5) is 26.0. The molecule has 0 spiro atoms. The summed E-state index contributed by atoms with van der Waals surface area (Å²) in [6, 6.07) is 1.84. The largest absolute Gasteiger partial charge is 0.478 e. The van der Waals surface area contributed by atoms with Gasteiger partial charge < -0.3 is 15.7 Å². The Morgan fingerprint density at radius 2 is 2.24 bits per heavy atom. The number of carbonyl (C=O) groups is 2. The molecular weight excluding hydrogens is 222 g/mol. The molecule has 1 fully saturated rings. The van der Waals surface area contributed by atoms with Crippen molar-refractivity contribution in [3.05, 3.63) is 24.0 Å². The number of hydrogen-bond acceptors (Lipinski definition) is 4. The van der Waals surface area contributed by atoms with Crippen LogP contribution in [0.2, 0.25) is 0 Å². The highest BCUT2D eigenvalue weighted by Crippen LogP contribution is 2.18. The molecule has 1 amide bonds. The van der Waals surface area contributed by atoms with Crippen LogP contribution >= 0.6 is 0 Å². The standard InChI is InChI=1S/C11H13N3O3/c15-10(14-7-1-2-7)6-13-9-3-4-12-5-8(9)11(16)17/h3-5,7H,1-2,6H2,(H,12,13)(H,14,15)(H,16,17). The smallest absolute Gasteiger partial charge is 0.339 e. The second kappa shape index (κ2) is 4.82. The van der Waals surface area contributed by atoms with E-state index < -0.39 is 5.97 Å². The van der Waals surface area contributed by atoms with E-state index in [2.05, 4.69) is 15.6 Å². The summed E-state index contributed by atoms with van der Waals surface area (Å²) in [6.07, 6.45) is 4.79. The molecule has 1 aliphatic carbocycles. The van der Waals surface area contributed by atoms with E-state index >= 15 is 0 Å². The minimum atomic E-state index is -1.07. The third-order valence-corrected chi connectivity index (χ3v) is 2.43. The minimum absolute atomic E-state index is 0.0618. The van der Waals surface area contributed by atoms with Gasteiger partial charge in [-0.05, 0) is 18.9 Å². The number of hydrogen-bond donors (Lipinski definition) is 3. The summed E-state index contributed by atoms with van der Waals surface area (Å²) in [6.45, 7) is 0.0702. The SMILES string of the molecule is O=C(CNc1ccncc1C(=O)O)NC1CC1. The van der Waals surface area contributed by atoms with E-state index in [1.807, 2.05) is 0 Å². The molecule has 6 heteroatoms. The topological polar surface area (TPSA) is 91.3 Å². The number of pyridine rings is 1. The quantitative estimate of drug-likeness (QED) is 0.690. The summed E-state index contributed by atoms with van der Waals surface area (Å²) in [5.74, 6) is -1.19. The highest BCUT2D eigenvalue weighted by molar-refractivity contribution is 5.94. The number of amides is 1. The van der Waals surface area contributed by atoms with Gasteiger partial charge in [-0.1, -0.05) is 0 Å². The average Bonchev–Trinajstić information content (AvgIpc) is 3.10. The van der Waals surface area contributed by atoms with Crippen molar-refractivity contribution in [2.45, 2.75) is 18.9 Å². The van der Waals surface area contributed by atoms with Crippen LogP contribution in [-0.2, 0) is 4.79 Å². The van der Waals surface area contributed by atoms with E-state index in [0.717, 1.165) is 12.8 Å². The predicted molar refractivity (Wildman–Crippen MR) is 60.9 cm³/mol. The Hall–Kier alpha value is -2.11. The molecule has 1 heterocycles. The fraction of sp³-hybridized carbons (Fsp3) is 0.364. The second-order valence-electron chi connectivity index (χ2n) is 3.92. The normalized spacial score (nSPS) is 14.1. The zero-order chi connectivity index (χ0) is 12.3. The highest BCUT2D eigenvalue weighted by atomic mass is 16.4. The maximum Gasteiger partial charge on any atom is 0.339 e. The molecule has 2 rings (SSSR count). The number of aromatic nitrogens is 1.